The van der Waals surface area contributed by atoms with Crippen molar-refractivity contribution in [1.29, 1.82) is 0 Å². The fraction of sp³-hybridized carbons (Fsp3) is 0.667. The van der Waals surface area contributed by atoms with Crippen LogP contribution >= 0.6 is 0 Å². The van der Waals surface area contributed by atoms with E-state index in [4.69, 9.17) is 0 Å². The van der Waals surface area contributed by atoms with E-state index in [1.165, 1.54) is 0 Å². The maximum Gasteiger partial charge on any atom is 0.291 e. The lowest BCUT2D eigenvalue weighted by Crippen LogP contribution is -2.38. The number of aryl methyl sites for hydroxylation is 1. The molecule has 1 aliphatic heterocycles. The first-order valence-electron chi connectivity index (χ1n) is 6.68. The van der Waals surface area contributed by atoms with Crippen LogP contribution in [0.5, 0.6) is 0 Å². The number of rotatable bonds is 5. The number of likely N-dealkylation sites (tertiary alicyclic amines) is 1. The van der Waals surface area contributed by atoms with Gasteiger partial charge < -0.3 is 10.2 Å². The Labute approximate surface area is 111 Å². The van der Waals surface area contributed by atoms with Crippen molar-refractivity contribution in [2.75, 3.05) is 19.6 Å². The summed E-state index contributed by atoms with van der Waals surface area (Å²) in [5.74, 6) is 0.331. The molecule has 1 saturated heterocycles. The van der Waals surface area contributed by atoms with Gasteiger partial charge in [0.05, 0.1) is 6.54 Å². The van der Waals surface area contributed by atoms with Crippen molar-refractivity contribution in [1.82, 2.24) is 25.4 Å². The van der Waals surface area contributed by atoms with Crippen LogP contribution in [-0.2, 0) is 11.2 Å². The molecule has 104 valence electrons. The zero-order valence-electron chi connectivity index (χ0n) is 11.1. The van der Waals surface area contributed by atoms with E-state index < -0.39 is 5.91 Å². The summed E-state index contributed by atoms with van der Waals surface area (Å²) in [7, 11) is 0. The van der Waals surface area contributed by atoms with E-state index in [0.29, 0.717) is 5.82 Å². The number of carbonyl (C=O) groups excluding carboxylic acids is 2. The number of amides is 2. The summed E-state index contributed by atoms with van der Waals surface area (Å²) in [5.41, 5.74) is 0. The van der Waals surface area contributed by atoms with Crippen molar-refractivity contribution < 1.29 is 9.59 Å². The molecule has 2 N–H and O–H groups in total. The van der Waals surface area contributed by atoms with Crippen molar-refractivity contribution in [3.63, 3.8) is 0 Å². The minimum Gasteiger partial charge on any atom is -0.341 e. The quantitative estimate of drug-likeness (QED) is 0.790. The average Bonchev–Trinajstić information content (AvgIpc) is 3.06. The number of carbonyl (C=O) groups is 2. The summed E-state index contributed by atoms with van der Waals surface area (Å²) in [6, 6.07) is 0. The lowest BCUT2D eigenvalue weighted by Gasteiger charge is -2.14. The average molecular weight is 265 g/mol. The fourth-order valence-corrected chi connectivity index (χ4v) is 2.06. The number of hydrogen-bond donors (Lipinski definition) is 2. The Morgan fingerprint density at radius 3 is 2.79 bits per heavy atom. The van der Waals surface area contributed by atoms with Gasteiger partial charge in [-0.2, -0.15) is 0 Å². The van der Waals surface area contributed by atoms with Gasteiger partial charge >= 0.3 is 0 Å². The van der Waals surface area contributed by atoms with E-state index in [1.54, 1.807) is 4.90 Å². The molecule has 7 heteroatoms. The zero-order valence-corrected chi connectivity index (χ0v) is 11.1. The van der Waals surface area contributed by atoms with Crippen molar-refractivity contribution in [2.24, 2.45) is 0 Å². The first kappa shape index (κ1) is 13.5. The maximum absolute atomic E-state index is 11.8. The first-order valence-corrected chi connectivity index (χ1v) is 6.68. The number of nitrogens with zero attached hydrogens (tertiary/aromatic N) is 3. The van der Waals surface area contributed by atoms with Crippen LogP contribution in [0, 0.1) is 0 Å². The van der Waals surface area contributed by atoms with Crippen LogP contribution in [-0.4, -0.2) is 51.5 Å². The number of nitrogens with one attached hydrogen (secondary N) is 2. The molecule has 0 bridgehead atoms. The molecule has 1 aromatic rings. The van der Waals surface area contributed by atoms with Crippen LogP contribution in [0.2, 0.25) is 0 Å². The van der Waals surface area contributed by atoms with Gasteiger partial charge in [-0.3, -0.25) is 14.7 Å². The van der Waals surface area contributed by atoms with E-state index in [-0.39, 0.29) is 18.3 Å². The third-order valence-corrected chi connectivity index (χ3v) is 3.08. The summed E-state index contributed by atoms with van der Waals surface area (Å²) in [6.45, 7) is 3.61. The number of aromatic amines is 1. The Hall–Kier alpha value is -1.92. The molecule has 0 saturated carbocycles. The number of aromatic nitrogens is 3. The molecule has 1 fully saturated rings. The SMILES string of the molecule is CCCc1nc(C(=O)NCC(=O)N2CCCC2)n[nH]1. The van der Waals surface area contributed by atoms with Gasteiger partial charge in [-0.1, -0.05) is 6.92 Å². The van der Waals surface area contributed by atoms with Crippen LogP contribution in [0.25, 0.3) is 0 Å². The Bertz CT molecular complexity index is 451. The molecule has 1 aromatic heterocycles. The first-order chi connectivity index (χ1) is 9.20. The van der Waals surface area contributed by atoms with Gasteiger partial charge in [0.25, 0.3) is 5.91 Å². The van der Waals surface area contributed by atoms with Crippen molar-refractivity contribution in [2.45, 2.75) is 32.6 Å². The summed E-state index contributed by atoms with van der Waals surface area (Å²) in [4.78, 5) is 29.3. The Kier molecular flexibility index (Phi) is 4.48. The highest BCUT2D eigenvalue weighted by Gasteiger charge is 2.19. The number of hydrogen-bond acceptors (Lipinski definition) is 4. The van der Waals surface area contributed by atoms with E-state index in [2.05, 4.69) is 20.5 Å². The molecule has 0 unspecified atom stereocenters. The molecule has 1 aliphatic rings. The minimum absolute atomic E-state index is 0.0104. The second-order valence-corrected chi connectivity index (χ2v) is 4.63. The van der Waals surface area contributed by atoms with Crippen molar-refractivity contribution in [3.8, 4) is 0 Å². The molecule has 0 aliphatic carbocycles. The molecule has 2 rings (SSSR count). The normalized spacial score (nSPS) is 14.7. The maximum atomic E-state index is 11.8. The fourth-order valence-electron chi connectivity index (χ4n) is 2.06. The van der Waals surface area contributed by atoms with Crippen LogP contribution in [0.1, 0.15) is 42.6 Å². The molecular weight excluding hydrogens is 246 g/mol. The van der Waals surface area contributed by atoms with Gasteiger partial charge in [0.1, 0.15) is 5.82 Å². The van der Waals surface area contributed by atoms with Gasteiger partial charge in [-0.25, -0.2) is 4.98 Å². The Balaban J connectivity index is 1.81. The minimum atomic E-state index is -0.411. The highest BCUT2D eigenvalue weighted by Crippen LogP contribution is 2.06. The van der Waals surface area contributed by atoms with Gasteiger partial charge in [-0.15, -0.1) is 5.10 Å². The highest BCUT2D eigenvalue weighted by molar-refractivity contribution is 5.93. The van der Waals surface area contributed by atoms with Gasteiger partial charge in [0.15, 0.2) is 0 Å². The smallest absolute Gasteiger partial charge is 0.291 e. The van der Waals surface area contributed by atoms with Gasteiger partial charge in [0.2, 0.25) is 11.7 Å². The third-order valence-electron chi connectivity index (χ3n) is 3.08. The topological polar surface area (TPSA) is 91.0 Å². The number of H-pyrrole nitrogens is 1. The highest BCUT2D eigenvalue weighted by atomic mass is 16.2. The molecule has 2 amide bonds. The van der Waals surface area contributed by atoms with Crippen molar-refractivity contribution in [3.05, 3.63) is 11.6 Å². The second kappa shape index (κ2) is 6.31. The molecule has 0 atom stereocenters. The van der Waals surface area contributed by atoms with E-state index in [0.717, 1.165) is 38.8 Å². The van der Waals surface area contributed by atoms with Crippen LogP contribution in [0.4, 0.5) is 0 Å². The lowest BCUT2D eigenvalue weighted by atomic mass is 10.3. The molecule has 7 nitrogen and oxygen atoms in total. The monoisotopic (exact) mass is 265 g/mol. The second-order valence-electron chi connectivity index (χ2n) is 4.63. The Morgan fingerprint density at radius 2 is 2.11 bits per heavy atom. The largest absolute Gasteiger partial charge is 0.341 e. The summed E-state index contributed by atoms with van der Waals surface area (Å²) >= 11 is 0. The molecule has 0 spiro atoms. The van der Waals surface area contributed by atoms with E-state index in [9.17, 15) is 9.59 Å². The Morgan fingerprint density at radius 1 is 1.37 bits per heavy atom. The van der Waals surface area contributed by atoms with Gasteiger partial charge in [0, 0.05) is 19.5 Å². The van der Waals surface area contributed by atoms with Crippen LogP contribution in [0.3, 0.4) is 0 Å². The predicted octanol–water partition coefficient (Wildman–Crippen LogP) is 0.109. The standard InChI is InChI=1S/C12H19N5O2/c1-2-5-9-14-11(16-15-9)12(19)13-8-10(18)17-6-3-4-7-17/h2-8H2,1H3,(H,13,19)(H,14,15,16). The van der Waals surface area contributed by atoms with Crippen LogP contribution < -0.4 is 5.32 Å². The summed E-state index contributed by atoms with van der Waals surface area (Å²) in [6.07, 6.45) is 3.78. The predicted molar refractivity (Wildman–Crippen MR) is 68.5 cm³/mol. The molecule has 19 heavy (non-hydrogen) atoms. The van der Waals surface area contributed by atoms with Crippen molar-refractivity contribution >= 4 is 11.8 Å². The van der Waals surface area contributed by atoms with E-state index in [1.807, 2.05) is 6.92 Å². The van der Waals surface area contributed by atoms with Crippen LogP contribution in [0.15, 0.2) is 0 Å². The summed E-state index contributed by atoms with van der Waals surface area (Å²) < 4.78 is 0. The molecule has 2 heterocycles. The molecular formula is C12H19N5O2. The van der Waals surface area contributed by atoms with Gasteiger partial charge in [-0.05, 0) is 19.3 Å². The zero-order chi connectivity index (χ0) is 13.7. The lowest BCUT2D eigenvalue weighted by molar-refractivity contribution is -0.129. The molecule has 0 radical (unpaired) electrons. The summed E-state index contributed by atoms with van der Waals surface area (Å²) in [5, 5.41) is 9.11. The third kappa shape index (κ3) is 3.52. The van der Waals surface area contributed by atoms with E-state index >= 15 is 0 Å². The molecule has 0 aromatic carbocycles.